The average molecular weight is 413 g/mol. The molecular weight excluding hydrogens is 372 g/mol. The first-order chi connectivity index (χ1) is 13.0. The summed E-state index contributed by atoms with van der Waals surface area (Å²) in [5.41, 5.74) is 1.03. The number of hydrogen-bond acceptors (Lipinski definition) is 5. The summed E-state index contributed by atoms with van der Waals surface area (Å²) < 4.78 is 17.5. The Morgan fingerprint density at radius 3 is 2.21 bits per heavy atom. The molecule has 1 rings (SSSR count). The van der Waals surface area contributed by atoms with Crippen LogP contribution in [0, 0.1) is 5.92 Å². The molecular formula is C22H40O5Si. The molecule has 2 N–H and O–H groups in total. The summed E-state index contributed by atoms with van der Waals surface area (Å²) in [7, 11) is -0.192. The molecule has 0 aliphatic rings. The van der Waals surface area contributed by atoms with Gasteiger partial charge in [-0.2, -0.15) is 0 Å². The zero-order valence-corrected chi connectivity index (χ0v) is 19.7. The number of methoxy groups -OCH3 is 1. The molecule has 6 heteroatoms. The van der Waals surface area contributed by atoms with Crippen LogP contribution in [0.1, 0.15) is 46.1 Å². The predicted molar refractivity (Wildman–Crippen MR) is 116 cm³/mol. The zero-order valence-electron chi connectivity index (χ0n) is 18.7. The molecule has 0 amide bonds. The molecule has 0 radical (unpaired) electrons. The highest BCUT2D eigenvalue weighted by Crippen LogP contribution is 2.36. The third-order valence-corrected chi connectivity index (χ3v) is 10.2. The lowest BCUT2D eigenvalue weighted by Gasteiger charge is -2.36. The molecule has 0 spiro atoms. The van der Waals surface area contributed by atoms with Gasteiger partial charge >= 0.3 is 0 Å². The minimum atomic E-state index is -1.83. The van der Waals surface area contributed by atoms with Gasteiger partial charge < -0.3 is 24.1 Å². The molecule has 0 aliphatic carbocycles. The summed E-state index contributed by atoms with van der Waals surface area (Å²) in [4.78, 5) is 0. The minimum Gasteiger partial charge on any atom is -0.497 e. The number of aliphatic hydroxyl groups excluding tert-OH is 2. The normalized spacial score (nSPS) is 15.9. The van der Waals surface area contributed by atoms with E-state index in [2.05, 4.69) is 33.9 Å². The van der Waals surface area contributed by atoms with Crippen molar-refractivity contribution in [1.29, 1.82) is 0 Å². The maximum Gasteiger partial charge on any atom is 0.191 e. The largest absolute Gasteiger partial charge is 0.497 e. The molecule has 0 saturated heterocycles. The molecule has 3 atom stereocenters. The Labute approximate surface area is 172 Å². The van der Waals surface area contributed by atoms with E-state index in [4.69, 9.17) is 13.9 Å². The van der Waals surface area contributed by atoms with Gasteiger partial charge in [0.2, 0.25) is 0 Å². The smallest absolute Gasteiger partial charge is 0.191 e. The highest BCUT2D eigenvalue weighted by molar-refractivity contribution is 6.74. The van der Waals surface area contributed by atoms with Gasteiger partial charge in [-0.25, -0.2) is 0 Å². The molecule has 0 aromatic heterocycles. The maximum absolute atomic E-state index is 10.7. The Balaban J connectivity index is 2.69. The first kappa shape index (κ1) is 25.1. The summed E-state index contributed by atoms with van der Waals surface area (Å²) >= 11 is 0. The number of hydrogen-bond donors (Lipinski definition) is 2. The van der Waals surface area contributed by atoms with Crippen molar-refractivity contribution in [3.05, 3.63) is 29.8 Å². The summed E-state index contributed by atoms with van der Waals surface area (Å²) in [6, 6.07) is 7.73. The predicted octanol–water partition coefficient (Wildman–Crippen LogP) is 4.37. The Bertz CT molecular complexity index is 553. The number of aliphatic hydroxyl groups is 2. The molecule has 0 unspecified atom stereocenters. The van der Waals surface area contributed by atoms with Crippen molar-refractivity contribution in [1.82, 2.24) is 0 Å². The van der Waals surface area contributed by atoms with Gasteiger partial charge in [0.25, 0.3) is 0 Å². The van der Waals surface area contributed by atoms with E-state index in [1.807, 2.05) is 31.2 Å². The van der Waals surface area contributed by atoms with Gasteiger partial charge in [0.1, 0.15) is 5.75 Å². The van der Waals surface area contributed by atoms with Crippen LogP contribution in [0.4, 0.5) is 0 Å². The standard InChI is InChI=1S/C22H40O5Si/c1-17(15-23)14-20(24)21(12-13-27-28(6,7)22(2,3)4)26-16-18-8-10-19(25-5)11-9-18/h8-11,17,20-21,23-24H,12-16H2,1-7H3/t17-,20+,21+/m1/s1. The lowest BCUT2D eigenvalue weighted by molar-refractivity contribution is -0.0642. The third kappa shape index (κ3) is 8.21. The highest BCUT2D eigenvalue weighted by atomic mass is 28.4. The molecule has 1 aromatic carbocycles. The minimum absolute atomic E-state index is 0.0309. The molecule has 0 heterocycles. The topological polar surface area (TPSA) is 68.2 Å². The van der Waals surface area contributed by atoms with Crippen LogP contribution in [0.2, 0.25) is 18.1 Å². The quantitative estimate of drug-likeness (QED) is 0.499. The van der Waals surface area contributed by atoms with Crippen LogP contribution < -0.4 is 4.74 Å². The maximum atomic E-state index is 10.7. The third-order valence-electron chi connectivity index (χ3n) is 5.68. The van der Waals surface area contributed by atoms with Crippen molar-refractivity contribution < 1.29 is 24.1 Å². The van der Waals surface area contributed by atoms with E-state index in [9.17, 15) is 10.2 Å². The lowest BCUT2D eigenvalue weighted by atomic mass is 9.99. The Morgan fingerprint density at radius 2 is 1.71 bits per heavy atom. The number of rotatable bonds is 12. The van der Waals surface area contributed by atoms with E-state index in [0.717, 1.165) is 11.3 Å². The molecule has 1 aromatic rings. The van der Waals surface area contributed by atoms with Crippen LogP contribution in [-0.4, -0.2) is 51.1 Å². The SMILES string of the molecule is COc1ccc(CO[C@@H](CCO[Si](C)(C)C(C)(C)C)[C@@H](O)C[C@@H](C)CO)cc1. The molecule has 5 nitrogen and oxygen atoms in total. The van der Waals surface area contributed by atoms with Gasteiger partial charge in [-0.3, -0.25) is 0 Å². The molecule has 162 valence electrons. The average Bonchev–Trinajstić information content (AvgIpc) is 2.63. The summed E-state index contributed by atoms with van der Waals surface area (Å²) in [6.45, 7) is 14.1. The van der Waals surface area contributed by atoms with Crippen LogP contribution in [0.3, 0.4) is 0 Å². The molecule has 0 aliphatic heterocycles. The van der Waals surface area contributed by atoms with Gasteiger partial charge in [0.15, 0.2) is 8.32 Å². The van der Waals surface area contributed by atoms with Crippen molar-refractivity contribution >= 4 is 8.32 Å². The summed E-state index contributed by atoms with van der Waals surface area (Å²) in [5.74, 6) is 0.836. The Kier molecular flexibility index (Phi) is 10.1. The monoisotopic (exact) mass is 412 g/mol. The number of ether oxygens (including phenoxy) is 2. The summed E-state index contributed by atoms with van der Waals surface area (Å²) in [5, 5.41) is 20.1. The van der Waals surface area contributed by atoms with E-state index >= 15 is 0 Å². The van der Waals surface area contributed by atoms with Crippen molar-refractivity contribution in [2.75, 3.05) is 20.3 Å². The van der Waals surface area contributed by atoms with Gasteiger partial charge in [0.05, 0.1) is 25.9 Å². The van der Waals surface area contributed by atoms with Crippen molar-refractivity contribution in [2.24, 2.45) is 5.92 Å². The van der Waals surface area contributed by atoms with E-state index in [1.54, 1.807) is 7.11 Å². The second-order valence-corrected chi connectivity index (χ2v) is 14.0. The molecule has 0 bridgehead atoms. The van der Waals surface area contributed by atoms with Crippen LogP contribution in [0.15, 0.2) is 24.3 Å². The van der Waals surface area contributed by atoms with Crippen molar-refractivity contribution in [2.45, 2.75) is 77.5 Å². The van der Waals surface area contributed by atoms with E-state index in [-0.39, 0.29) is 23.7 Å². The first-order valence-corrected chi connectivity index (χ1v) is 13.1. The van der Waals surface area contributed by atoms with Gasteiger partial charge in [-0.05, 0) is 54.6 Å². The lowest BCUT2D eigenvalue weighted by Crippen LogP contribution is -2.42. The van der Waals surface area contributed by atoms with E-state index in [1.165, 1.54) is 0 Å². The molecule has 28 heavy (non-hydrogen) atoms. The second-order valence-electron chi connectivity index (χ2n) is 9.19. The Morgan fingerprint density at radius 1 is 1.11 bits per heavy atom. The molecule has 0 fully saturated rings. The van der Waals surface area contributed by atoms with Crippen LogP contribution in [-0.2, 0) is 15.8 Å². The fourth-order valence-corrected chi connectivity index (χ4v) is 3.66. The highest BCUT2D eigenvalue weighted by Gasteiger charge is 2.37. The fraction of sp³-hybridized carbons (Fsp3) is 0.727. The molecule has 0 saturated carbocycles. The van der Waals surface area contributed by atoms with Crippen molar-refractivity contribution in [3.8, 4) is 5.75 Å². The first-order valence-electron chi connectivity index (χ1n) is 10.2. The van der Waals surface area contributed by atoms with Crippen LogP contribution >= 0.6 is 0 Å². The second kappa shape index (κ2) is 11.3. The summed E-state index contributed by atoms with van der Waals surface area (Å²) in [6.07, 6.45) is 0.163. The fourth-order valence-electron chi connectivity index (χ4n) is 2.60. The van der Waals surface area contributed by atoms with E-state index < -0.39 is 14.4 Å². The van der Waals surface area contributed by atoms with Crippen LogP contribution in [0.25, 0.3) is 0 Å². The van der Waals surface area contributed by atoms with Gasteiger partial charge in [-0.1, -0.05) is 39.8 Å². The van der Waals surface area contributed by atoms with Gasteiger partial charge in [-0.15, -0.1) is 0 Å². The van der Waals surface area contributed by atoms with Crippen LogP contribution in [0.5, 0.6) is 5.75 Å². The number of benzene rings is 1. The van der Waals surface area contributed by atoms with E-state index in [0.29, 0.717) is 26.1 Å². The van der Waals surface area contributed by atoms with Gasteiger partial charge in [0, 0.05) is 13.2 Å². The Hall–Kier alpha value is -0.923. The van der Waals surface area contributed by atoms with Crippen molar-refractivity contribution in [3.63, 3.8) is 0 Å². The zero-order chi connectivity index (χ0) is 21.4.